The number of fused-ring (bicyclic) bond motifs is 1. The fourth-order valence-corrected chi connectivity index (χ4v) is 5.92. The van der Waals surface area contributed by atoms with Gasteiger partial charge >= 0.3 is 26.2 Å². The Bertz CT molecular complexity index is 919. The Morgan fingerprint density at radius 3 is 2.22 bits per heavy atom. The third-order valence-corrected chi connectivity index (χ3v) is 7.56. The van der Waals surface area contributed by atoms with Gasteiger partial charge < -0.3 is 24.8 Å². The van der Waals surface area contributed by atoms with Gasteiger partial charge in [-0.05, 0) is 54.1 Å². The van der Waals surface area contributed by atoms with Crippen molar-refractivity contribution in [3.8, 4) is 0 Å². The van der Waals surface area contributed by atoms with Gasteiger partial charge in [-0.15, -0.1) is 17.7 Å². The first-order valence-electron chi connectivity index (χ1n) is 11.9. The van der Waals surface area contributed by atoms with Crippen molar-refractivity contribution < 1.29 is 51.0 Å². The standard InChI is InChI=1S/C29H35.2ClH.Zr/c1-29(2,3)25-14-12-22(13-15-25)28-26-11-7-10-23(26)19-24-17-21(18-27(24)28)16-20-8-5-4-6-9-20;;;/h12-15,18-20,28H,4-11,16H2,1-3H3;2*1H;/q-1;;;+3/p-2. The monoisotopic (exact) mass is 543 g/mol. The molecule has 1 atom stereocenters. The second kappa shape index (κ2) is 11.4. The average molecular weight is 546 g/mol. The van der Waals surface area contributed by atoms with Crippen LogP contribution in [0.2, 0.25) is 0 Å². The van der Waals surface area contributed by atoms with Crippen molar-refractivity contribution in [2.75, 3.05) is 0 Å². The largest absolute Gasteiger partial charge is 3.00 e. The van der Waals surface area contributed by atoms with E-state index in [-0.39, 0.29) is 56.4 Å². The minimum absolute atomic E-state index is 0. The first-order chi connectivity index (χ1) is 14.0. The van der Waals surface area contributed by atoms with Crippen LogP contribution in [0, 0.1) is 12.0 Å². The molecule has 0 aliphatic heterocycles. The summed E-state index contributed by atoms with van der Waals surface area (Å²) in [5.74, 6) is 1.34. The summed E-state index contributed by atoms with van der Waals surface area (Å²) < 4.78 is 0. The van der Waals surface area contributed by atoms with E-state index in [1.165, 1.54) is 85.6 Å². The Kier molecular flexibility index (Phi) is 9.92. The molecule has 32 heavy (non-hydrogen) atoms. The third kappa shape index (κ3) is 5.64. The molecule has 3 heteroatoms. The van der Waals surface area contributed by atoms with E-state index in [0.717, 1.165) is 5.92 Å². The molecule has 1 saturated carbocycles. The summed E-state index contributed by atoms with van der Waals surface area (Å²) in [4.78, 5) is 0. The zero-order valence-corrected chi connectivity index (χ0v) is 23.7. The van der Waals surface area contributed by atoms with Crippen LogP contribution in [-0.4, -0.2) is 0 Å². The van der Waals surface area contributed by atoms with E-state index in [9.17, 15) is 0 Å². The fourth-order valence-electron chi connectivity index (χ4n) is 5.92. The van der Waals surface area contributed by atoms with E-state index in [1.54, 1.807) is 11.1 Å². The van der Waals surface area contributed by atoms with Crippen LogP contribution < -0.4 is 24.8 Å². The van der Waals surface area contributed by atoms with Crippen LogP contribution in [-0.2, 0) is 31.6 Å². The summed E-state index contributed by atoms with van der Waals surface area (Å²) in [6.45, 7) is 6.91. The van der Waals surface area contributed by atoms with E-state index in [1.807, 2.05) is 0 Å². The van der Waals surface area contributed by atoms with Crippen molar-refractivity contribution in [3.05, 3.63) is 81.5 Å². The smallest absolute Gasteiger partial charge is 1.00 e. The van der Waals surface area contributed by atoms with E-state index < -0.39 is 0 Å². The molecule has 1 aromatic rings. The Morgan fingerprint density at radius 1 is 0.875 bits per heavy atom. The molecule has 1 unspecified atom stereocenters. The normalized spacial score (nSPS) is 22.5. The molecule has 0 aromatic heterocycles. The molecule has 4 aliphatic rings. The predicted molar refractivity (Wildman–Crippen MR) is 123 cm³/mol. The quantitative estimate of drug-likeness (QED) is 0.511. The second-order valence-corrected chi connectivity index (χ2v) is 10.7. The molecule has 0 nitrogen and oxygen atoms in total. The zero-order chi connectivity index (χ0) is 20.0. The SMILES string of the molecule is CC(C)(C)c1ccc(C2C3=CC(CC4CCCCC4)=[C-]C3=CC3=C2CCC3)cc1.[Cl-].[Cl-].[Zr+3]. The van der Waals surface area contributed by atoms with Crippen molar-refractivity contribution in [2.24, 2.45) is 5.92 Å². The van der Waals surface area contributed by atoms with Crippen LogP contribution in [0.15, 0.2) is 64.3 Å². The van der Waals surface area contributed by atoms with E-state index in [2.05, 4.69) is 63.3 Å². The van der Waals surface area contributed by atoms with E-state index in [4.69, 9.17) is 0 Å². The maximum Gasteiger partial charge on any atom is 3.00 e. The molecule has 4 aliphatic carbocycles. The molecular weight excluding hydrogens is 510 g/mol. The first-order valence-corrected chi connectivity index (χ1v) is 11.9. The van der Waals surface area contributed by atoms with E-state index >= 15 is 0 Å². The summed E-state index contributed by atoms with van der Waals surface area (Å²) in [5, 5.41) is 0. The average Bonchev–Trinajstić information content (AvgIpc) is 3.32. The molecule has 5 rings (SSSR count). The van der Waals surface area contributed by atoms with Crippen LogP contribution in [0.3, 0.4) is 0 Å². The summed E-state index contributed by atoms with van der Waals surface area (Å²) in [5.41, 5.74) is 10.8. The van der Waals surface area contributed by atoms with Gasteiger partial charge in [0, 0.05) is 0 Å². The number of rotatable bonds is 3. The predicted octanol–water partition coefficient (Wildman–Crippen LogP) is 2.13. The molecule has 0 amide bonds. The molecule has 0 N–H and O–H groups in total. The minimum atomic E-state index is 0. The van der Waals surface area contributed by atoms with Gasteiger partial charge in [0.1, 0.15) is 0 Å². The molecule has 1 fully saturated rings. The summed E-state index contributed by atoms with van der Waals surface area (Å²) in [7, 11) is 0. The molecule has 169 valence electrons. The fraction of sp³-hybridized carbons (Fsp3) is 0.517. The maximum atomic E-state index is 3.84. The van der Waals surface area contributed by atoms with Gasteiger partial charge in [0.2, 0.25) is 0 Å². The first kappa shape index (κ1) is 27.9. The minimum Gasteiger partial charge on any atom is -1.00 e. The summed E-state index contributed by atoms with van der Waals surface area (Å²) >= 11 is 0. The molecule has 0 spiro atoms. The van der Waals surface area contributed by atoms with Gasteiger partial charge in [-0.3, -0.25) is 0 Å². The molecule has 1 radical (unpaired) electrons. The third-order valence-electron chi connectivity index (χ3n) is 7.56. The zero-order valence-electron chi connectivity index (χ0n) is 19.7. The van der Waals surface area contributed by atoms with Gasteiger partial charge in [-0.25, -0.2) is 0 Å². The van der Waals surface area contributed by atoms with Crippen LogP contribution in [0.5, 0.6) is 0 Å². The van der Waals surface area contributed by atoms with Crippen molar-refractivity contribution in [1.82, 2.24) is 0 Å². The van der Waals surface area contributed by atoms with Crippen LogP contribution in [0.25, 0.3) is 0 Å². The van der Waals surface area contributed by atoms with E-state index in [0.29, 0.717) is 5.92 Å². The van der Waals surface area contributed by atoms with Crippen molar-refractivity contribution in [1.29, 1.82) is 0 Å². The Balaban J connectivity index is 0.00000121. The van der Waals surface area contributed by atoms with Crippen LogP contribution >= 0.6 is 0 Å². The summed E-state index contributed by atoms with van der Waals surface area (Å²) in [6, 6.07) is 9.52. The number of halogens is 2. The van der Waals surface area contributed by atoms with Crippen LogP contribution in [0.1, 0.15) is 95.6 Å². The summed E-state index contributed by atoms with van der Waals surface area (Å²) in [6.07, 6.45) is 21.0. The Hall–Kier alpha value is -0.357. The Labute approximate surface area is 227 Å². The molecule has 0 bridgehead atoms. The van der Waals surface area contributed by atoms with Crippen LogP contribution in [0.4, 0.5) is 0 Å². The van der Waals surface area contributed by atoms with Gasteiger partial charge in [-0.2, -0.15) is 17.2 Å². The molecular formula is C29H35Cl2Zr. The number of hydrogen-bond donors (Lipinski definition) is 0. The maximum absolute atomic E-state index is 3.84. The van der Waals surface area contributed by atoms with Gasteiger partial charge in [0.15, 0.2) is 0 Å². The Morgan fingerprint density at radius 2 is 1.56 bits per heavy atom. The van der Waals surface area contributed by atoms with Gasteiger partial charge in [0.25, 0.3) is 0 Å². The van der Waals surface area contributed by atoms with Crippen molar-refractivity contribution in [2.45, 2.75) is 89.9 Å². The van der Waals surface area contributed by atoms with Crippen molar-refractivity contribution in [3.63, 3.8) is 0 Å². The molecule has 1 aromatic carbocycles. The van der Waals surface area contributed by atoms with Gasteiger partial charge in [0.05, 0.1) is 0 Å². The second-order valence-electron chi connectivity index (χ2n) is 10.7. The topological polar surface area (TPSA) is 0 Å². The number of allylic oxidation sites excluding steroid dienone is 8. The van der Waals surface area contributed by atoms with Crippen molar-refractivity contribution >= 4 is 0 Å². The van der Waals surface area contributed by atoms with Gasteiger partial charge in [-0.1, -0.05) is 88.3 Å². The number of hydrogen-bond acceptors (Lipinski definition) is 0. The molecule has 0 heterocycles. The number of benzene rings is 1. The molecule has 0 saturated heterocycles.